The fourth-order valence-electron chi connectivity index (χ4n) is 4.21. The van der Waals surface area contributed by atoms with E-state index in [4.69, 9.17) is 4.74 Å². The van der Waals surface area contributed by atoms with Crippen LogP contribution in [0.4, 0.5) is 0 Å². The van der Waals surface area contributed by atoms with Crippen LogP contribution in [0.1, 0.15) is 60.8 Å². The molecular weight excluding hydrogens is 304 g/mol. The van der Waals surface area contributed by atoms with Crippen LogP contribution in [-0.2, 0) is 14.3 Å². The Balaban J connectivity index is 2.50. The summed E-state index contributed by atoms with van der Waals surface area (Å²) in [4.78, 5) is 24.4. The monoisotopic (exact) mass is 334 g/mol. The summed E-state index contributed by atoms with van der Waals surface area (Å²) in [5.74, 6) is -0.613. The van der Waals surface area contributed by atoms with Crippen molar-refractivity contribution < 1.29 is 19.4 Å². The summed E-state index contributed by atoms with van der Waals surface area (Å²) in [6.07, 6.45) is 4.49. The summed E-state index contributed by atoms with van der Waals surface area (Å²) >= 11 is 0. The predicted molar refractivity (Wildman–Crippen MR) is 93.3 cm³/mol. The van der Waals surface area contributed by atoms with Crippen LogP contribution < -0.4 is 0 Å². The Morgan fingerprint density at radius 3 is 2.62 bits per heavy atom. The van der Waals surface area contributed by atoms with Gasteiger partial charge in [-0.2, -0.15) is 0 Å². The zero-order valence-electron chi connectivity index (χ0n) is 15.7. The number of ether oxygens (including phenoxy) is 1. The van der Waals surface area contributed by atoms with Crippen LogP contribution in [0.3, 0.4) is 0 Å². The highest BCUT2D eigenvalue weighted by Gasteiger charge is 2.59. The number of carbonyl (C=O) groups is 2. The van der Waals surface area contributed by atoms with E-state index < -0.39 is 17.7 Å². The number of esters is 1. The molecule has 1 fully saturated rings. The number of rotatable bonds is 3. The largest absolute Gasteiger partial charge is 0.452 e. The van der Waals surface area contributed by atoms with Crippen LogP contribution in [0.25, 0.3) is 0 Å². The van der Waals surface area contributed by atoms with E-state index in [1.807, 2.05) is 26.8 Å². The molecule has 134 valence electrons. The second-order valence-electron chi connectivity index (χ2n) is 7.90. The first-order valence-electron chi connectivity index (χ1n) is 8.84. The van der Waals surface area contributed by atoms with Gasteiger partial charge in [-0.25, -0.2) is 4.79 Å². The van der Waals surface area contributed by atoms with Gasteiger partial charge in [0.05, 0.1) is 0 Å². The number of fused-ring (bicyclic) bond motifs is 1. The lowest BCUT2D eigenvalue weighted by Crippen LogP contribution is -2.62. The number of carbonyl (C=O) groups excluding carboxylic acids is 2. The van der Waals surface area contributed by atoms with E-state index in [1.165, 1.54) is 0 Å². The molecule has 0 aromatic heterocycles. The van der Waals surface area contributed by atoms with Crippen LogP contribution in [-0.4, -0.2) is 28.6 Å². The average molecular weight is 334 g/mol. The van der Waals surface area contributed by atoms with Gasteiger partial charge in [0.25, 0.3) is 0 Å². The molecule has 1 N–H and O–H groups in total. The first-order valence-corrected chi connectivity index (χ1v) is 8.84. The van der Waals surface area contributed by atoms with Crippen molar-refractivity contribution in [2.24, 2.45) is 17.3 Å². The zero-order chi connectivity index (χ0) is 18.3. The van der Waals surface area contributed by atoms with Crippen molar-refractivity contribution in [3.05, 3.63) is 23.3 Å². The summed E-state index contributed by atoms with van der Waals surface area (Å²) < 4.78 is 5.68. The standard InChI is InChI=1S/C20H30O4/c1-7-13(4)18(22)24-17-10-14(5)19(6)9-8-15(21)11-16(19)20(17,23)12(2)3/h7,10,12,16-17,23H,8-9,11H2,1-6H3/b13-7+/t16-,17-,19+,20-/m0/s1. The first-order chi connectivity index (χ1) is 11.1. The van der Waals surface area contributed by atoms with Crippen LogP contribution in [0.5, 0.6) is 0 Å². The van der Waals surface area contributed by atoms with Crippen molar-refractivity contribution in [3.63, 3.8) is 0 Å². The molecule has 0 amide bonds. The molecule has 4 heteroatoms. The van der Waals surface area contributed by atoms with Gasteiger partial charge in [0.2, 0.25) is 0 Å². The van der Waals surface area contributed by atoms with Gasteiger partial charge in [-0.15, -0.1) is 0 Å². The number of ketones is 1. The second-order valence-corrected chi connectivity index (χ2v) is 7.90. The average Bonchev–Trinajstić information content (AvgIpc) is 2.53. The highest BCUT2D eigenvalue weighted by Crippen LogP contribution is 2.56. The molecule has 0 bridgehead atoms. The van der Waals surface area contributed by atoms with Crippen LogP contribution in [0.2, 0.25) is 0 Å². The Morgan fingerprint density at radius 2 is 2.08 bits per heavy atom. The number of hydrogen-bond donors (Lipinski definition) is 1. The molecule has 4 atom stereocenters. The van der Waals surface area contributed by atoms with E-state index in [1.54, 1.807) is 19.9 Å². The summed E-state index contributed by atoms with van der Waals surface area (Å²) in [6, 6.07) is 0. The Hall–Kier alpha value is -1.42. The van der Waals surface area contributed by atoms with E-state index in [2.05, 4.69) is 6.92 Å². The van der Waals surface area contributed by atoms with Crippen LogP contribution in [0, 0.1) is 17.3 Å². The lowest BCUT2D eigenvalue weighted by atomic mass is 9.51. The molecule has 2 rings (SSSR count). The Bertz CT molecular complexity index is 601. The predicted octanol–water partition coefficient (Wildman–Crippen LogP) is 3.59. The third-order valence-corrected chi connectivity index (χ3v) is 6.35. The molecule has 0 saturated heterocycles. The van der Waals surface area contributed by atoms with Gasteiger partial charge in [0.15, 0.2) is 0 Å². The molecule has 2 aliphatic rings. The van der Waals surface area contributed by atoms with E-state index in [0.717, 1.165) is 12.0 Å². The minimum absolute atomic E-state index is 0.138. The highest BCUT2D eigenvalue weighted by molar-refractivity contribution is 5.88. The molecule has 0 aromatic carbocycles. The Labute approximate surface area is 145 Å². The molecule has 1 saturated carbocycles. The lowest BCUT2D eigenvalue weighted by Gasteiger charge is -2.56. The van der Waals surface area contributed by atoms with E-state index >= 15 is 0 Å². The quantitative estimate of drug-likeness (QED) is 0.487. The number of hydrogen-bond acceptors (Lipinski definition) is 4. The van der Waals surface area contributed by atoms with Crippen LogP contribution >= 0.6 is 0 Å². The van der Waals surface area contributed by atoms with E-state index in [0.29, 0.717) is 18.4 Å². The summed E-state index contributed by atoms with van der Waals surface area (Å²) in [7, 11) is 0. The van der Waals surface area contributed by atoms with Gasteiger partial charge in [-0.05, 0) is 44.6 Å². The van der Waals surface area contributed by atoms with Crippen molar-refractivity contribution in [3.8, 4) is 0 Å². The molecule has 0 heterocycles. The first kappa shape index (κ1) is 18.9. The number of allylic oxidation sites excluding steroid dienone is 2. The third kappa shape index (κ3) is 2.85. The smallest absolute Gasteiger partial charge is 0.334 e. The van der Waals surface area contributed by atoms with Gasteiger partial charge >= 0.3 is 5.97 Å². The van der Waals surface area contributed by atoms with Crippen molar-refractivity contribution in [2.45, 2.75) is 72.5 Å². The highest BCUT2D eigenvalue weighted by atomic mass is 16.6. The fourth-order valence-corrected chi connectivity index (χ4v) is 4.21. The third-order valence-electron chi connectivity index (χ3n) is 6.35. The molecule has 0 unspecified atom stereocenters. The normalized spacial score (nSPS) is 37.1. The molecule has 0 aliphatic heterocycles. The minimum Gasteiger partial charge on any atom is -0.452 e. The second kappa shape index (κ2) is 6.47. The molecule has 0 spiro atoms. The number of aliphatic hydroxyl groups is 1. The minimum atomic E-state index is -1.24. The van der Waals surface area contributed by atoms with Crippen molar-refractivity contribution in [1.29, 1.82) is 0 Å². The Morgan fingerprint density at radius 1 is 1.46 bits per heavy atom. The summed E-state index contributed by atoms with van der Waals surface area (Å²) in [5, 5.41) is 11.6. The maximum absolute atomic E-state index is 12.3. The van der Waals surface area contributed by atoms with Gasteiger partial charge < -0.3 is 9.84 Å². The van der Waals surface area contributed by atoms with Crippen LogP contribution in [0.15, 0.2) is 23.3 Å². The van der Waals surface area contributed by atoms with Crippen molar-refractivity contribution in [1.82, 2.24) is 0 Å². The summed E-state index contributed by atoms with van der Waals surface area (Å²) in [5.41, 5.74) is 0.140. The fraction of sp³-hybridized carbons (Fsp3) is 0.700. The van der Waals surface area contributed by atoms with Crippen molar-refractivity contribution in [2.75, 3.05) is 0 Å². The maximum atomic E-state index is 12.3. The summed E-state index contributed by atoms with van der Waals surface area (Å²) in [6.45, 7) is 11.5. The van der Waals surface area contributed by atoms with E-state index in [9.17, 15) is 14.7 Å². The van der Waals surface area contributed by atoms with E-state index in [-0.39, 0.29) is 23.0 Å². The topological polar surface area (TPSA) is 63.6 Å². The molecule has 24 heavy (non-hydrogen) atoms. The molecule has 0 radical (unpaired) electrons. The molecule has 2 aliphatic carbocycles. The zero-order valence-corrected chi connectivity index (χ0v) is 15.7. The maximum Gasteiger partial charge on any atom is 0.334 e. The lowest BCUT2D eigenvalue weighted by molar-refractivity contribution is -0.192. The molecule has 4 nitrogen and oxygen atoms in total. The van der Waals surface area contributed by atoms with Gasteiger partial charge in [-0.3, -0.25) is 4.79 Å². The van der Waals surface area contributed by atoms with Gasteiger partial charge in [0, 0.05) is 24.3 Å². The van der Waals surface area contributed by atoms with Gasteiger partial charge in [0.1, 0.15) is 17.5 Å². The molecule has 0 aromatic rings. The number of Topliss-reactive ketones (excluding diaryl/α,β-unsaturated/α-hetero) is 1. The Kier molecular flexibility index (Phi) is 5.10. The van der Waals surface area contributed by atoms with Crippen molar-refractivity contribution >= 4 is 11.8 Å². The van der Waals surface area contributed by atoms with Gasteiger partial charge in [-0.1, -0.05) is 32.4 Å². The molecular formula is C20H30O4. The SMILES string of the molecule is C/C=C(\C)C(=O)O[C@H]1C=C(C)[C@@]2(C)CCC(=O)C[C@@H]2[C@@]1(O)C(C)C.